The van der Waals surface area contributed by atoms with Gasteiger partial charge in [0, 0.05) is 42.1 Å². The molecule has 2 aromatic heterocycles. The van der Waals surface area contributed by atoms with Crippen molar-refractivity contribution < 1.29 is 25.9 Å². The van der Waals surface area contributed by atoms with Crippen LogP contribution in [-0.2, 0) is 25.9 Å². The zero-order chi connectivity index (χ0) is 18.4. The van der Waals surface area contributed by atoms with E-state index < -0.39 is 6.04 Å². The molecule has 1 atom stereocenters. The van der Waals surface area contributed by atoms with Gasteiger partial charge in [-0.3, -0.25) is 15.8 Å². The summed E-state index contributed by atoms with van der Waals surface area (Å²) in [5.74, 6) is 1.46. The van der Waals surface area contributed by atoms with Crippen molar-refractivity contribution in [3.8, 4) is 5.00 Å². The monoisotopic (exact) mass is 481 g/mol. The number of aryl methyl sites for hydroxylation is 2. The van der Waals surface area contributed by atoms with Crippen molar-refractivity contribution in [2.75, 3.05) is 0 Å². The summed E-state index contributed by atoms with van der Waals surface area (Å²) in [6.45, 7) is 6.12. The molecule has 0 radical (unpaired) electrons. The molecule has 3 heterocycles. The van der Waals surface area contributed by atoms with Gasteiger partial charge in [-0.25, -0.2) is 0 Å². The second kappa shape index (κ2) is 7.78. The Kier molecular flexibility index (Phi) is 5.80. The first kappa shape index (κ1) is 20.1. The van der Waals surface area contributed by atoms with Gasteiger partial charge in [-0.2, -0.15) is 0 Å². The van der Waals surface area contributed by atoms with Crippen molar-refractivity contribution in [1.29, 1.82) is 0 Å². The maximum Gasteiger partial charge on any atom is 0.160 e. The first-order valence-corrected chi connectivity index (χ1v) is 9.42. The fourth-order valence-corrected chi connectivity index (χ4v) is 4.55. The fourth-order valence-electron chi connectivity index (χ4n) is 3.21. The molecule has 0 saturated carbocycles. The van der Waals surface area contributed by atoms with Crippen LogP contribution in [0.1, 0.15) is 45.7 Å². The SMILES string of the molecule is Cc1sc2c(c1C)C(c1ccc(Cl)cc1)=N[C@@H](C[C-]=O)c1nnc(C)n1-2.[Mo]. The molecule has 3 aromatic rings. The van der Waals surface area contributed by atoms with E-state index in [9.17, 15) is 4.79 Å². The summed E-state index contributed by atoms with van der Waals surface area (Å²) in [6.07, 6.45) is 2.13. The molecule has 0 fully saturated rings. The molecule has 0 saturated heterocycles. The van der Waals surface area contributed by atoms with E-state index in [2.05, 4.69) is 24.0 Å². The molecule has 8 heteroatoms. The number of hydrogen-bond acceptors (Lipinski definition) is 5. The Labute approximate surface area is 180 Å². The van der Waals surface area contributed by atoms with E-state index in [1.165, 1.54) is 10.4 Å². The van der Waals surface area contributed by atoms with Crippen LogP contribution in [-0.4, -0.2) is 26.8 Å². The van der Waals surface area contributed by atoms with E-state index in [-0.39, 0.29) is 27.5 Å². The van der Waals surface area contributed by atoms with Gasteiger partial charge < -0.3 is 4.79 Å². The van der Waals surface area contributed by atoms with Crippen molar-refractivity contribution in [2.24, 2.45) is 4.99 Å². The Balaban J connectivity index is 0.00000210. The summed E-state index contributed by atoms with van der Waals surface area (Å²) in [6, 6.07) is 7.20. The normalized spacial score (nSPS) is 15.3. The van der Waals surface area contributed by atoms with Crippen LogP contribution in [0.5, 0.6) is 0 Å². The molecule has 0 spiro atoms. The third kappa shape index (κ3) is 3.35. The Morgan fingerprint density at radius 3 is 2.56 bits per heavy atom. The summed E-state index contributed by atoms with van der Waals surface area (Å²) in [4.78, 5) is 17.3. The van der Waals surface area contributed by atoms with E-state index >= 15 is 0 Å². The zero-order valence-electron chi connectivity index (χ0n) is 15.0. The number of benzene rings is 1. The molecule has 138 valence electrons. The molecule has 0 unspecified atom stereocenters. The van der Waals surface area contributed by atoms with Gasteiger partial charge in [0.15, 0.2) is 5.82 Å². The van der Waals surface area contributed by atoms with Crippen LogP contribution in [0.3, 0.4) is 0 Å². The van der Waals surface area contributed by atoms with Crippen LogP contribution in [0, 0.1) is 20.8 Å². The minimum atomic E-state index is -0.418. The van der Waals surface area contributed by atoms with Crippen LogP contribution in [0.15, 0.2) is 29.3 Å². The largest absolute Gasteiger partial charge is 0.542 e. The standard InChI is InChI=1S/C19H16ClN4OS.Mo/c1-10-11(2)26-19-16(10)17(13-4-6-14(20)7-5-13)21-15(8-9-25)18-23-22-12(3)24(18)19;/h4-7,15H,8H2,1-3H3;/q-1;/t15-;/m0./s1. The van der Waals surface area contributed by atoms with Gasteiger partial charge in [-0.05, 0) is 38.5 Å². The van der Waals surface area contributed by atoms with Crippen LogP contribution in [0.2, 0.25) is 5.02 Å². The fraction of sp³-hybridized carbons (Fsp3) is 0.263. The molecule has 5 nitrogen and oxygen atoms in total. The number of thiophene rings is 1. The molecule has 1 aliphatic heterocycles. The average Bonchev–Trinajstić information content (AvgIpc) is 3.09. The molecule has 0 N–H and O–H groups in total. The molecule has 27 heavy (non-hydrogen) atoms. The van der Waals surface area contributed by atoms with Gasteiger partial charge in [0.2, 0.25) is 0 Å². The number of aromatic nitrogens is 3. The number of aliphatic imine (C=N–C) groups is 1. The Morgan fingerprint density at radius 1 is 1.19 bits per heavy atom. The second-order valence-electron chi connectivity index (χ2n) is 6.25. The first-order valence-electron chi connectivity index (χ1n) is 8.22. The third-order valence-corrected chi connectivity index (χ3v) is 6.08. The molecular formula is C19H16ClMoN4OS-. The van der Waals surface area contributed by atoms with Gasteiger partial charge in [0.05, 0.1) is 11.8 Å². The Morgan fingerprint density at radius 2 is 1.89 bits per heavy atom. The van der Waals surface area contributed by atoms with Crippen molar-refractivity contribution in [3.63, 3.8) is 0 Å². The molecule has 0 amide bonds. The molecular weight excluding hydrogens is 464 g/mol. The van der Waals surface area contributed by atoms with Gasteiger partial charge in [-0.15, -0.1) is 28.0 Å². The summed E-state index contributed by atoms with van der Waals surface area (Å²) < 4.78 is 2.02. The molecule has 0 bridgehead atoms. The molecule has 1 aromatic carbocycles. The van der Waals surface area contributed by atoms with Gasteiger partial charge in [0.1, 0.15) is 10.8 Å². The number of fused-ring (bicyclic) bond motifs is 3. The summed E-state index contributed by atoms with van der Waals surface area (Å²) in [5.41, 5.74) is 4.05. The Bertz CT molecular complexity index is 1040. The molecule has 4 rings (SSSR count). The number of rotatable bonds is 3. The van der Waals surface area contributed by atoms with Crippen LogP contribution < -0.4 is 0 Å². The van der Waals surface area contributed by atoms with Crippen molar-refractivity contribution in [2.45, 2.75) is 33.2 Å². The van der Waals surface area contributed by atoms with Crippen LogP contribution in [0.25, 0.3) is 5.00 Å². The third-order valence-electron chi connectivity index (χ3n) is 4.63. The van der Waals surface area contributed by atoms with Gasteiger partial charge >= 0.3 is 0 Å². The topological polar surface area (TPSA) is 60.1 Å². The number of hydrogen-bond donors (Lipinski definition) is 0. The number of halogens is 1. The van der Waals surface area contributed by atoms with E-state index in [0.29, 0.717) is 10.8 Å². The molecule has 1 aliphatic rings. The van der Waals surface area contributed by atoms with Crippen LogP contribution in [0.4, 0.5) is 0 Å². The maximum atomic E-state index is 11.2. The zero-order valence-corrected chi connectivity index (χ0v) is 18.6. The summed E-state index contributed by atoms with van der Waals surface area (Å²) in [5, 5.41) is 10.2. The van der Waals surface area contributed by atoms with Crippen molar-refractivity contribution in [1.82, 2.24) is 14.8 Å². The number of nitrogens with zero attached hydrogens (tertiary/aromatic N) is 4. The number of carbonyl (C=O) groups excluding carboxylic acids is 1. The van der Waals surface area contributed by atoms with Crippen molar-refractivity contribution >= 4 is 34.9 Å². The van der Waals surface area contributed by atoms with E-state index in [1.54, 1.807) is 11.3 Å². The van der Waals surface area contributed by atoms with E-state index in [4.69, 9.17) is 16.6 Å². The first-order chi connectivity index (χ1) is 12.5. The van der Waals surface area contributed by atoms with Gasteiger partial charge in [-0.1, -0.05) is 23.7 Å². The van der Waals surface area contributed by atoms with Crippen LogP contribution >= 0.6 is 22.9 Å². The minimum Gasteiger partial charge on any atom is -0.542 e. The second-order valence-corrected chi connectivity index (χ2v) is 7.89. The smallest absolute Gasteiger partial charge is 0.160 e. The predicted molar refractivity (Wildman–Crippen MR) is 104 cm³/mol. The summed E-state index contributed by atoms with van der Waals surface area (Å²) >= 11 is 7.75. The van der Waals surface area contributed by atoms with E-state index in [0.717, 1.165) is 27.7 Å². The Hall–Kier alpha value is -1.62. The quantitative estimate of drug-likeness (QED) is 0.416. The minimum absolute atomic E-state index is 0. The van der Waals surface area contributed by atoms with Gasteiger partial charge in [0.25, 0.3) is 0 Å². The molecule has 0 aliphatic carbocycles. The maximum absolute atomic E-state index is 11.2. The van der Waals surface area contributed by atoms with Crippen molar-refractivity contribution in [3.05, 3.63) is 62.5 Å². The van der Waals surface area contributed by atoms with E-state index in [1.807, 2.05) is 42.0 Å². The average molecular weight is 480 g/mol. The predicted octanol–water partition coefficient (Wildman–Crippen LogP) is 4.30. The summed E-state index contributed by atoms with van der Waals surface area (Å²) in [7, 11) is 0.